The normalized spacial score (nSPS) is 39.0. The molecule has 2 bridgehead atoms. The number of ether oxygens (including phenoxy) is 1. The number of fused-ring (bicyclic) bond motifs is 2. The Kier molecular flexibility index (Phi) is 3.82. The molecule has 0 aliphatic heterocycles. The van der Waals surface area contributed by atoms with Crippen LogP contribution in [0.25, 0.3) is 0 Å². The molecule has 0 aromatic heterocycles. The summed E-state index contributed by atoms with van der Waals surface area (Å²) in [5, 5.41) is 10.3. The lowest BCUT2D eigenvalue weighted by Crippen LogP contribution is -2.44. The van der Waals surface area contributed by atoms with Gasteiger partial charge < -0.3 is 9.84 Å². The van der Waals surface area contributed by atoms with E-state index in [2.05, 4.69) is 22.1 Å². The molecule has 1 N–H and O–H groups in total. The quantitative estimate of drug-likeness (QED) is 0.274. The zero-order chi connectivity index (χ0) is 15.3. The van der Waals surface area contributed by atoms with Crippen LogP contribution >= 0.6 is 12.9 Å². The number of aliphatic hydroxyl groups is 1. The van der Waals surface area contributed by atoms with Crippen molar-refractivity contribution in [1.82, 2.24) is 0 Å². The molecule has 2 fully saturated rings. The Hall–Kier alpha value is -0.440. The Balaban J connectivity index is 2.15. The Morgan fingerprint density at radius 1 is 1.40 bits per heavy atom. The summed E-state index contributed by atoms with van der Waals surface area (Å²) >= 11 is 3.00. The molecule has 0 saturated heterocycles. The summed E-state index contributed by atoms with van der Waals surface area (Å²) in [6, 6.07) is 0. The minimum atomic E-state index is -4.26. The Morgan fingerprint density at radius 3 is 2.45 bits per heavy atom. The van der Waals surface area contributed by atoms with Gasteiger partial charge in [0.15, 0.2) is 0 Å². The summed E-state index contributed by atoms with van der Waals surface area (Å²) in [6.45, 7) is 5.79. The number of carbonyl (C=O) groups is 1. The number of alkyl halides is 2. The van der Waals surface area contributed by atoms with Gasteiger partial charge in [-0.05, 0) is 18.3 Å². The van der Waals surface area contributed by atoms with Crippen molar-refractivity contribution in [2.45, 2.75) is 51.9 Å². The SMILES string of the molecule is CC1(C)C2CCC1(C)C(O)C2OC(=O)C(F)(F)OOS. The monoisotopic (exact) mass is 312 g/mol. The number of hydrogen-bond donors (Lipinski definition) is 2. The van der Waals surface area contributed by atoms with E-state index in [-0.39, 0.29) is 11.3 Å². The second-order valence-electron chi connectivity index (χ2n) is 6.27. The molecule has 4 atom stereocenters. The van der Waals surface area contributed by atoms with Crippen LogP contribution in [0.4, 0.5) is 8.78 Å². The maximum Gasteiger partial charge on any atom is 0.483 e. The first-order valence-corrected chi connectivity index (χ1v) is 6.70. The van der Waals surface area contributed by atoms with Gasteiger partial charge in [0, 0.05) is 24.2 Å². The van der Waals surface area contributed by atoms with Crippen molar-refractivity contribution in [1.29, 1.82) is 0 Å². The van der Waals surface area contributed by atoms with E-state index in [4.69, 9.17) is 4.74 Å². The Labute approximate surface area is 121 Å². The van der Waals surface area contributed by atoms with Gasteiger partial charge in [-0.1, -0.05) is 20.8 Å². The number of rotatable bonds is 4. The summed E-state index contributed by atoms with van der Waals surface area (Å²) < 4.78 is 34.7. The van der Waals surface area contributed by atoms with Crippen LogP contribution in [0.15, 0.2) is 0 Å². The van der Waals surface area contributed by atoms with E-state index >= 15 is 0 Å². The van der Waals surface area contributed by atoms with Gasteiger partial charge in [0.25, 0.3) is 0 Å². The van der Waals surface area contributed by atoms with E-state index in [0.717, 1.165) is 6.42 Å². The lowest BCUT2D eigenvalue weighted by atomic mass is 9.70. The smallest absolute Gasteiger partial charge is 0.453 e. The number of halogens is 2. The average Bonchev–Trinajstić information content (AvgIpc) is 2.63. The van der Waals surface area contributed by atoms with Crippen LogP contribution in [0.2, 0.25) is 0 Å². The zero-order valence-corrected chi connectivity index (χ0v) is 12.3. The maximum atomic E-state index is 13.2. The molecule has 5 nitrogen and oxygen atoms in total. The first-order chi connectivity index (χ1) is 9.08. The topological polar surface area (TPSA) is 65.0 Å². The minimum Gasteiger partial charge on any atom is -0.453 e. The van der Waals surface area contributed by atoms with Crippen LogP contribution in [-0.2, 0) is 18.8 Å². The molecule has 2 aliphatic carbocycles. The summed E-state index contributed by atoms with van der Waals surface area (Å²) in [6.07, 6.45) is -4.71. The molecule has 116 valence electrons. The molecular weight excluding hydrogens is 294 g/mol. The fourth-order valence-electron chi connectivity index (χ4n) is 3.67. The van der Waals surface area contributed by atoms with E-state index in [1.54, 1.807) is 0 Å². The Morgan fingerprint density at radius 2 is 2.00 bits per heavy atom. The van der Waals surface area contributed by atoms with Crippen molar-refractivity contribution in [2.75, 3.05) is 0 Å². The van der Waals surface area contributed by atoms with Gasteiger partial charge in [-0.3, -0.25) is 0 Å². The third kappa shape index (κ3) is 2.04. The highest BCUT2D eigenvalue weighted by Crippen LogP contribution is 2.66. The summed E-state index contributed by atoms with van der Waals surface area (Å²) in [5.41, 5.74) is -0.758. The molecule has 8 heteroatoms. The van der Waals surface area contributed by atoms with E-state index in [1.807, 2.05) is 20.8 Å². The van der Waals surface area contributed by atoms with Crippen molar-refractivity contribution >= 4 is 18.9 Å². The number of esters is 1. The molecule has 2 rings (SSSR count). The first-order valence-electron chi connectivity index (χ1n) is 6.34. The van der Waals surface area contributed by atoms with Crippen LogP contribution in [-0.4, -0.2) is 29.4 Å². The van der Waals surface area contributed by atoms with Crippen molar-refractivity contribution in [2.24, 2.45) is 16.7 Å². The van der Waals surface area contributed by atoms with Gasteiger partial charge in [0.05, 0.1) is 6.10 Å². The summed E-state index contributed by atoms with van der Waals surface area (Å²) in [7, 11) is 0. The molecular formula is C12H18F2O5S. The van der Waals surface area contributed by atoms with Crippen LogP contribution in [0.5, 0.6) is 0 Å². The highest BCUT2D eigenvalue weighted by molar-refractivity contribution is 7.74. The fraction of sp³-hybridized carbons (Fsp3) is 0.917. The van der Waals surface area contributed by atoms with Gasteiger partial charge in [-0.25, -0.2) is 4.79 Å². The van der Waals surface area contributed by atoms with Crippen LogP contribution < -0.4 is 0 Å². The number of carbonyl (C=O) groups excluding carboxylic acids is 1. The third-order valence-electron chi connectivity index (χ3n) is 5.36. The summed E-state index contributed by atoms with van der Waals surface area (Å²) in [4.78, 5) is 14.9. The van der Waals surface area contributed by atoms with Crippen molar-refractivity contribution in [3.8, 4) is 0 Å². The van der Waals surface area contributed by atoms with Crippen LogP contribution in [0.3, 0.4) is 0 Å². The van der Waals surface area contributed by atoms with Crippen molar-refractivity contribution in [3.63, 3.8) is 0 Å². The zero-order valence-electron chi connectivity index (χ0n) is 11.4. The van der Waals surface area contributed by atoms with Crippen LogP contribution in [0.1, 0.15) is 33.6 Å². The second-order valence-corrected chi connectivity index (χ2v) is 6.42. The largest absolute Gasteiger partial charge is 0.483 e. The molecule has 2 saturated carbocycles. The lowest BCUT2D eigenvalue weighted by Gasteiger charge is -2.36. The van der Waals surface area contributed by atoms with Gasteiger partial charge in [0.2, 0.25) is 0 Å². The van der Waals surface area contributed by atoms with E-state index in [0.29, 0.717) is 6.42 Å². The molecule has 0 heterocycles. The Bertz CT molecular complexity index is 417. The minimum absolute atomic E-state index is 0.167. The molecule has 0 radical (unpaired) electrons. The summed E-state index contributed by atoms with van der Waals surface area (Å²) in [5.74, 6) is -2.05. The van der Waals surface area contributed by atoms with Crippen molar-refractivity contribution in [3.05, 3.63) is 0 Å². The standard InChI is InChI=1S/C12H18F2O5S/c1-10(2)6-4-5-11(10,3)8(15)7(6)17-9(16)12(13,14)18-19-20/h6-8,15,20H,4-5H2,1-3H3. The number of hydrogen-bond acceptors (Lipinski definition) is 6. The maximum absolute atomic E-state index is 13.2. The van der Waals surface area contributed by atoms with Crippen LogP contribution in [0, 0.1) is 16.7 Å². The van der Waals surface area contributed by atoms with E-state index in [9.17, 15) is 18.7 Å². The van der Waals surface area contributed by atoms with Gasteiger partial charge in [-0.2, -0.15) is 13.1 Å². The molecule has 0 aromatic rings. The molecule has 0 aromatic carbocycles. The van der Waals surface area contributed by atoms with Gasteiger partial charge >= 0.3 is 12.1 Å². The first kappa shape index (κ1) is 15.9. The molecule has 4 unspecified atom stereocenters. The highest BCUT2D eigenvalue weighted by atomic mass is 32.1. The number of aliphatic hydroxyl groups excluding tert-OH is 1. The molecule has 20 heavy (non-hydrogen) atoms. The molecule has 0 amide bonds. The lowest BCUT2D eigenvalue weighted by molar-refractivity contribution is -0.371. The fourth-order valence-corrected chi connectivity index (χ4v) is 3.76. The highest BCUT2D eigenvalue weighted by Gasteiger charge is 2.68. The van der Waals surface area contributed by atoms with E-state index < -0.39 is 29.7 Å². The van der Waals surface area contributed by atoms with E-state index in [1.165, 1.54) is 0 Å². The predicted molar refractivity (Wildman–Crippen MR) is 66.6 cm³/mol. The molecule has 2 aliphatic rings. The second kappa shape index (κ2) is 4.79. The van der Waals surface area contributed by atoms with Crippen molar-refractivity contribution < 1.29 is 32.6 Å². The van der Waals surface area contributed by atoms with Gasteiger partial charge in [0.1, 0.15) is 6.10 Å². The van der Waals surface area contributed by atoms with Gasteiger partial charge in [-0.15, -0.1) is 4.89 Å². The third-order valence-corrected chi connectivity index (χ3v) is 5.43. The molecule has 0 spiro atoms. The number of thiol groups is 1. The average molecular weight is 312 g/mol. The predicted octanol–water partition coefficient (Wildman–Crippen LogP) is 2.10.